The SMILES string of the molecule is N#CCCCCCCC(C#N)C(C#N)(C#N)CC#N. The summed E-state index contributed by atoms with van der Waals surface area (Å²) in [6.45, 7) is 0. The van der Waals surface area contributed by atoms with E-state index in [4.69, 9.17) is 26.3 Å². The highest BCUT2D eigenvalue weighted by Crippen LogP contribution is 2.33. The molecule has 1 unspecified atom stereocenters. The molecule has 5 nitrogen and oxygen atoms in total. The van der Waals surface area contributed by atoms with Gasteiger partial charge in [0.2, 0.25) is 0 Å². The zero-order valence-corrected chi connectivity index (χ0v) is 10.8. The van der Waals surface area contributed by atoms with Gasteiger partial charge < -0.3 is 0 Å². The molecular formula is C14H15N5. The van der Waals surface area contributed by atoms with Crippen LogP contribution in [0.3, 0.4) is 0 Å². The molecule has 0 aromatic carbocycles. The third kappa shape index (κ3) is 5.08. The molecule has 1 atom stereocenters. The van der Waals surface area contributed by atoms with E-state index < -0.39 is 11.3 Å². The van der Waals surface area contributed by atoms with Gasteiger partial charge in [-0.15, -0.1) is 0 Å². The number of hydrogen-bond acceptors (Lipinski definition) is 5. The molecule has 0 aromatic heterocycles. The largest absolute Gasteiger partial charge is 0.198 e. The summed E-state index contributed by atoms with van der Waals surface area (Å²) in [6, 6.07) is 9.52. The third-order valence-electron chi connectivity index (χ3n) is 3.04. The van der Waals surface area contributed by atoms with Crippen molar-refractivity contribution in [2.45, 2.75) is 44.9 Å². The lowest BCUT2D eigenvalue weighted by molar-refractivity contribution is 0.361. The zero-order chi connectivity index (χ0) is 14.6. The maximum absolute atomic E-state index is 9.09. The van der Waals surface area contributed by atoms with Crippen molar-refractivity contribution in [1.82, 2.24) is 0 Å². The van der Waals surface area contributed by atoms with Crippen LogP contribution in [-0.2, 0) is 0 Å². The van der Waals surface area contributed by atoms with Gasteiger partial charge in [-0.25, -0.2) is 0 Å². The molecule has 0 aromatic rings. The minimum Gasteiger partial charge on any atom is -0.198 e. The van der Waals surface area contributed by atoms with Gasteiger partial charge in [0.1, 0.15) is 0 Å². The summed E-state index contributed by atoms with van der Waals surface area (Å²) in [7, 11) is 0. The lowest BCUT2D eigenvalue weighted by Crippen LogP contribution is -2.26. The van der Waals surface area contributed by atoms with E-state index in [1.807, 2.05) is 24.3 Å². The van der Waals surface area contributed by atoms with Crippen LogP contribution in [0.25, 0.3) is 0 Å². The van der Waals surface area contributed by atoms with Gasteiger partial charge in [0, 0.05) is 6.42 Å². The Morgan fingerprint density at radius 1 is 0.789 bits per heavy atom. The maximum Gasteiger partial charge on any atom is 0.172 e. The van der Waals surface area contributed by atoms with E-state index in [1.54, 1.807) is 0 Å². The standard InChI is InChI=1S/C14H15N5/c15-8-5-3-1-2-4-6-13(10-17)14(11-18,12-19)7-9-16/h13H,1-7H2. The fraction of sp³-hybridized carbons (Fsp3) is 0.643. The molecule has 0 aliphatic rings. The summed E-state index contributed by atoms with van der Waals surface area (Å²) in [6.07, 6.45) is 4.03. The van der Waals surface area contributed by atoms with E-state index in [2.05, 4.69) is 6.07 Å². The minimum absolute atomic E-state index is 0.243. The van der Waals surface area contributed by atoms with Crippen LogP contribution in [0.1, 0.15) is 44.9 Å². The number of nitrogens with zero attached hydrogens (tertiary/aromatic N) is 5. The summed E-state index contributed by atoms with van der Waals surface area (Å²) in [5.41, 5.74) is -1.52. The molecule has 0 saturated heterocycles. The smallest absolute Gasteiger partial charge is 0.172 e. The second kappa shape index (κ2) is 9.48. The van der Waals surface area contributed by atoms with Crippen LogP contribution in [0.2, 0.25) is 0 Å². The normalized spacial score (nSPS) is 11.1. The fourth-order valence-corrected chi connectivity index (χ4v) is 1.84. The molecule has 96 valence electrons. The molecule has 0 fully saturated rings. The van der Waals surface area contributed by atoms with E-state index in [-0.39, 0.29) is 6.42 Å². The molecule has 0 N–H and O–H groups in total. The Bertz CT molecular complexity index is 460. The molecule has 5 heteroatoms. The van der Waals surface area contributed by atoms with Gasteiger partial charge in [-0.05, 0) is 12.8 Å². The Labute approximate surface area is 113 Å². The van der Waals surface area contributed by atoms with Crippen LogP contribution in [0.15, 0.2) is 0 Å². The highest BCUT2D eigenvalue weighted by atomic mass is 14.5. The predicted molar refractivity (Wildman–Crippen MR) is 66.3 cm³/mol. The van der Waals surface area contributed by atoms with Gasteiger partial charge in [0.15, 0.2) is 5.41 Å². The molecule has 0 rings (SSSR count). The first-order valence-electron chi connectivity index (χ1n) is 6.16. The first kappa shape index (κ1) is 16.4. The van der Waals surface area contributed by atoms with Crippen molar-refractivity contribution >= 4 is 0 Å². The lowest BCUT2D eigenvalue weighted by Gasteiger charge is -2.20. The van der Waals surface area contributed by atoms with Crippen molar-refractivity contribution in [2.75, 3.05) is 0 Å². The molecular weight excluding hydrogens is 238 g/mol. The average molecular weight is 253 g/mol. The highest BCUT2D eigenvalue weighted by Gasteiger charge is 2.39. The van der Waals surface area contributed by atoms with Crippen LogP contribution in [0.5, 0.6) is 0 Å². The molecule has 0 radical (unpaired) electrons. The Balaban J connectivity index is 4.40. The Morgan fingerprint density at radius 2 is 1.42 bits per heavy atom. The number of rotatable bonds is 8. The van der Waals surface area contributed by atoms with Crippen molar-refractivity contribution < 1.29 is 0 Å². The second-order valence-electron chi connectivity index (χ2n) is 4.32. The molecule has 0 aliphatic heterocycles. The Morgan fingerprint density at radius 3 is 1.89 bits per heavy atom. The van der Waals surface area contributed by atoms with Crippen LogP contribution < -0.4 is 0 Å². The second-order valence-corrected chi connectivity index (χ2v) is 4.32. The monoisotopic (exact) mass is 253 g/mol. The topological polar surface area (TPSA) is 119 Å². The van der Waals surface area contributed by atoms with Crippen LogP contribution in [-0.4, -0.2) is 0 Å². The van der Waals surface area contributed by atoms with Crippen molar-refractivity contribution in [3.63, 3.8) is 0 Å². The van der Waals surface area contributed by atoms with E-state index in [0.717, 1.165) is 25.7 Å². The maximum atomic E-state index is 9.09. The van der Waals surface area contributed by atoms with Gasteiger partial charge in [-0.2, -0.15) is 26.3 Å². The first-order chi connectivity index (χ1) is 9.20. The molecule has 0 amide bonds. The van der Waals surface area contributed by atoms with E-state index in [9.17, 15) is 0 Å². The van der Waals surface area contributed by atoms with Gasteiger partial charge in [0.25, 0.3) is 0 Å². The van der Waals surface area contributed by atoms with Crippen molar-refractivity contribution in [3.8, 4) is 30.3 Å². The summed E-state index contributed by atoms with van der Waals surface area (Å²) < 4.78 is 0. The number of hydrogen-bond donors (Lipinski definition) is 0. The van der Waals surface area contributed by atoms with E-state index in [0.29, 0.717) is 12.8 Å². The Hall–Kier alpha value is -2.55. The molecule has 0 bridgehead atoms. The molecule has 19 heavy (non-hydrogen) atoms. The van der Waals surface area contributed by atoms with Gasteiger partial charge >= 0.3 is 0 Å². The summed E-state index contributed by atoms with van der Waals surface area (Å²) in [5, 5.41) is 44.3. The quantitative estimate of drug-likeness (QED) is 0.616. The highest BCUT2D eigenvalue weighted by molar-refractivity contribution is 5.23. The average Bonchev–Trinajstić information content (AvgIpc) is 2.45. The summed E-state index contributed by atoms with van der Waals surface area (Å²) in [5.74, 6) is -0.738. The van der Waals surface area contributed by atoms with Crippen LogP contribution >= 0.6 is 0 Å². The fourth-order valence-electron chi connectivity index (χ4n) is 1.84. The molecule has 0 heterocycles. The number of unbranched alkanes of at least 4 members (excludes halogenated alkanes) is 4. The van der Waals surface area contributed by atoms with Crippen molar-refractivity contribution in [2.24, 2.45) is 11.3 Å². The summed E-state index contributed by atoms with van der Waals surface area (Å²) >= 11 is 0. The summed E-state index contributed by atoms with van der Waals surface area (Å²) in [4.78, 5) is 0. The first-order valence-corrected chi connectivity index (χ1v) is 6.16. The molecule has 0 saturated carbocycles. The predicted octanol–water partition coefficient (Wildman–Crippen LogP) is 2.94. The third-order valence-corrected chi connectivity index (χ3v) is 3.04. The van der Waals surface area contributed by atoms with Gasteiger partial charge in [-0.1, -0.05) is 19.3 Å². The van der Waals surface area contributed by atoms with Crippen LogP contribution in [0.4, 0.5) is 0 Å². The minimum atomic E-state index is -1.52. The van der Waals surface area contributed by atoms with Gasteiger partial charge in [0.05, 0.1) is 42.7 Å². The molecule has 0 spiro atoms. The Kier molecular flexibility index (Phi) is 8.21. The van der Waals surface area contributed by atoms with E-state index >= 15 is 0 Å². The van der Waals surface area contributed by atoms with Crippen molar-refractivity contribution in [1.29, 1.82) is 26.3 Å². The number of nitriles is 5. The van der Waals surface area contributed by atoms with E-state index in [1.165, 1.54) is 0 Å². The lowest BCUT2D eigenvalue weighted by atomic mass is 9.74. The molecule has 0 aliphatic carbocycles. The zero-order valence-electron chi connectivity index (χ0n) is 10.8. The van der Waals surface area contributed by atoms with Crippen molar-refractivity contribution in [3.05, 3.63) is 0 Å². The van der Waals surface area contributed by atoms with Gasteiger partial charge in [-0.3, -0.25) is 0 Å². The van der Waals surface area contributed by atoms with Crippen LogP contribution in [0, 0.1) is 68.0 Å².